The van der Waals surface area contributed by atoms with E-state index in [1.807, 2.05) is 0 Å². The maximum atomic E-state index is 3.62. The Hall–Kier alpha value is -0.0400. The molecule has 2 atom stereocenters. The van der Waals surface area contributed by atoms with E-state index in [1.54, 1.807) is 0 Å². The van der Waals surface area contributed by atoms with Gasteiger partial charge < -0.3 is 5.32 Å². The van der Waals surface area contributed by atoms with Crippen molar-refractivity contribution in [1.29, 1.82) is 0 Å². The fraction of sp³-hybridized carbons (Fsp3) is 1.00. The van der Waals surface area contributed by atoms with Crippen molar-refractivity contribution in [1.82, 2.24) is 5.32 Å². The minimum atomic E-state index is 0.863. The molecule has 0 aliphatic carbocycles. The average molecular weight is 155 g/mol. The third-order valence-electron chi connectivity index (χ3n) is 2.58. The smallest absolute Gasteiger partial charge is 0.00844 e. The van der Waals surface area contributed by atoms with Gasteiger partial charge in [0.25, 0.3) is 0 Å². The van der Waals surface area contributed by atoms with Crippen LogP contribution in [-0.2, 0) is 0 Å². The minimum Gasteiger partial charge on any atom is -0.311 e. The van der Waals surface area contributed by atoms with Crippen LogP contribution >= 0.6 is 0 Å². The standard InChI is InChI=1S/C10H21N/c1-3-5-7-10-8-9(11-10)6-4-2/h9-11H,3-8H2,1-2H3. The lowest BCUT2D eigenvalue weighted by Crippen LogP contribution is -2.51. The summed E-state index contributed by atoms with van der Waals surface area (Å²) in [6.07, 6.45) is 8.29. The van der Waals surface area contributed by atoms with Gasteiger partial charge in [0.15, 0.2) is 0 Å². The van der Waals surface area contributed by atoms with Crippen molar-refractivity contribution in [2.24, 2.45) is 0 Å². The summed E-state index contributed by atoms with van der Waals surface area (Å²) >= 11 is 0. The van der Waals surface area contributed by atoms with E-state index in [1.165, 1.54) is 38.5 Å². The molecule has 2 unspecified atom stereocenters. The highest BCUT2D eigenvalue weighted by Gasteiger charge is 2.25. The summed E-state index contributed by atoms with van der Waals surface area (Å²) in [5.74, 6) is 0. The first-order valence-corrected chi connectivity index (χ1v) is 5.12. The van der Waals surface area contributed by atoms with Crippen LogP contribution < -0.4 is 5.32 Å². The molecule has 0 radical (unpaired) electrons. The summed E-state index contributed by atoms with van der Waals surface area (Å²) in [6.45, 7) is 4.53. The third-order valence-corrected chi connectivity index (χ3v) is 2.58. The monoisotopic (exact) mass is 155 g/mol. The zero-order valence-corrected chi connectivity index (χ0v) is 7.90. The van der Waals surface area contributed by atoms with Gasteiger partial charge in [0, 0.05) is 12.1 Å². The van der Waals surface area contributed by atoms with Gasteiger partial charge in [-0.2, -0.15) is 0 Å². The molecule has 0 amide bonds. The Bertz CT molecular complexity index is 95.0. The summed E-state index contributed by atoms with van der Waals surface area (Å²) in [4.78, 5) is 0. The Labute approximate surface area is 70.6 Å². The van der Waals surface area contributed by atoms with Gasteiger partial charge in [-0.3, -0.25) is 0 Å². The van der Waals surface area contributed by atoms with Gasteiger partial charge in [0.2, 0.25) is 0 Å². The van der Waals surface area contributed by atoms with Crippen molar-refractivity contribution in [2.75, 3.05) is 0 Å². The van der Waals surface area contributed by atoms with Crippen LogP contribution in [-0.4, -0.2) is 12.1 Å². The predicted molar refractivity (Wildman–Crippen MR) is 49.8 cm³/mol. The van der Waals surface area contributed by atoms with E-state index in [0.29, 0.717) is 0 Å². The predicted octanol–water partition coefficient (Wildman–Crippen LogP) is 2.71. The van der Waals surface area contributed by atoms with Crippen LogP contribution in [0.25, 0.3) is 0 Å². The van der Waals surface area contributed by atoms with E-state index < -0.39 is 0 Å². The zero-order valence-electron chi connectivity index (χ0n) is 7.90. The highest BCUT2D eigenvalue weighted by molar-refractivity contribution is 4.87. The molecular weight excluding hydrogens is 134 g/mol. The van der Waals surface area contributed by atoms with Gasteiger partial charge in [0.1, 0.15) is 0 Å². The Morgan fingerprint density at radius 2 is 1.73 bits per heavy atom. The quantitative estimate of drug-likeness (QED) is 0.643. The van der Waals surface area contributed by atoms with Crippen LogP contribution in [0.3, 0.4) is 0 Å². The summed E-state index contributed by atoms with van der Waals surface area (Å²) in [5, 5.41) is 3.62. The molecule has 1 aliphatic rings. The lowest BCUT2D eigenvalue weighted by atomic mass is 9.90. The second kappa shape index (κ2) is 4.76. The second-order valence-electron chi connectivity index (χ2n) is 3.73. The lowest BCUT2D eigenvalue weighted by Gasteiger charge is -2.37. The molecule has 1 fully saturated rings. The van der Waals surface area contributed by atoms with Crippen LogP contribution in [0.1, 0.15) is 52.4 Å². The number of hydrogen-bond donors (Lipinski definition) is 1. The van der Waals surface area contributed by atoms with Gasteiger partial charge in [-0.25, -0.2) is 0 Å². The molecule has 1 N–H and O–H groups in total. The topological polar surface area (TPSA) is 12.0 Å². The van der Waals surface area contributed by atoms with Gasteiger partial charge in [-0.1, -0.05) is 33.1 Å². The molecule has 0 spiro atoms. The molecule has 1 aliphatic heterocycles. The maximum Gasteiger partial charge on any atom is 0.00844 e. The molecule has 1 saturated heterocycles. The van der Waals surface area contributed by atoms with Gasteiger partial charge in [-0.15, -0.1) is 0 Å². The average Bonchev–Trinajstić information content (AvgIpc) is 1.94. The minimum absolute atomic E-state index is 0.863. The maximum absolute atomic E-state index is 3.62. The first-order valence-electron chi connectivity index (χ1n) is 5.12. The van der Waals surface area contributed by atoms with Crippen LogP contribution in [0.5, 0.6) is 0 Å². The molecule has 66 valence electrons. The zero-order chi connectivity index (χ0) is 8.10. The molecule has 1 rings (SSSR count). The number of unbranched alkanes of at least 4 members (excludes halogenated alkanes) is 1. The number of rotatable bonds is 5. The van der Waals surface area contributed by atoms with Crippen molar-refractivity contribution in [3.63, 3.8) is 0 Å². The van der Waals surface area contributed by atoms with E-state index in [4.69, 9.17) is 0 Å². The van der Waals surface area contributed by atoms with E-state index >= 15 is 0 Å². The number of nitrogens with one attached hydrogen (secondary N) is 1. The SMILES string of the molecule is CCCCC1CC(CCC)N1. The Kier molecular flexibility index (Phi) is 3.92. The number of hydrogen-bond acceptors (Lipinski definition) is 1. The molecule has 0 aromatic heterocycles. The molecule has 1 heterocycles. The van der Waals surface area contributed by atoms with E-state index in [9.17, 15) is 0 Å². The van der Waals surface area contributed by atoms with Crippen molar-refractivity contribution in [2.45, 2.75) is 64.5 Å². The largest absolute Gasteiger partial charge is 0.311 e. The molecule has 0 bridgehead atoms. The van der Waals surface area contributed by atoms with Gasteiger partial charge in [0.05, 0.1) is 0 Å². The second-order valence-corrected chi connectivity index (χ2v) is 3.73. The van der Waals surface area contributed by atoms with E-state index in [2.05, 4.69) is 19.2 Å². The summed E-state index contributed by atoms with van der Waals surface area (Å²) in [5.41, 5.74) is 0. The van der Waals surface area contributed by atoms with Crippen LogP contribution in [0.15, 0.2) is 0 Å². The fourth-order valence-corrected chi connectivity index (χ4v) is 1.85. The molecule has 0 aromatic carbocycles. The van der Waals surface area contributed by atoms with Gasteiger partial charge >= 0.3 is 0 Å². The molecule has 0 saturated carbocycles. The van der Waals surface area contributed by atoms with Crippen molar-refractivity contribution < 1.29 is 0 Å². The molecule has 11 heavy (non-hydrogen) atoms. The normalized spacial score (nSPS) is 30.0. The van der Waals surface area contributed by atoms with Crippen molar-refractivity contribution in [3.05, 3.63) is 0 Å². The van der Waals surface area contributed by atoms with Crippen LogP contribution in [0.2, 0.25) is 0 Å². The van der Waals surface area contributed by atoms with Crippen LogP contribution in [0, 0.1) is 0 Å². The van der Waals surface area contributed by atoms with Gasteiger partial charge in [-0.05, 0) is 19.3 Å². The van der Waals surface area contributed by atoms with Crippen molar-refractivity contribution >= 4 is 0 Å². The fourth-order valence-electron chi connectivity index (χ4n) is 1.85. The first kappa shape index (κ1) is 9.05. The van der Waals surface area contributed by atoms with Crippen LogP contribution in [0.4, 0.5) is 0 Å². The molecule has 1 heteroatoms. The van der Waals surface area contributed by atoms with Crippen molar-refractivity contribution in [3.8, 4) is 0 Å². The highest BCUT2D eigenvalue weighted by Crippen LogP contribution is 2.20. The Morgan fingerprint density at radius 1 is 1.09 bits per heavy atom. The first-order chi connectivity index (χ1) is 5.36. The van der Waals surface area contributed by atoms with E-state index in [-0.39, 0.29) is 0 Å². The van der Waals surface area contributed by atoms with E-state index in [0.717, 1.165) is 12.1 Å². The molecular formula is C10H21N. The summed E-state index contributed by atoms with van der Waals surface area (Å²) in [6, 6.07) is 1.73. The lowest BCUT2D eigenvalue weighted by molar-refractivity contribution is 0.234. The Morgan fingerprint density at radius 3 is 2.27 bits per heavy atom. The highest BCUT2D eigenvalue weighted by atomic mass is 15.0. The molecule has 0 aromatic rings. The molecule has 1 nitrogen and oxygen atoms in total. The summed E-state index contributed by atoms with van der Waals surface area (Å²) < 4.78 is 0. The third kappa shape index (κ3) is 2.82. The summed E-state index contributed by atoms with van der Waals surface area (Å²) in [7, 11) is 0. The Balaban J connectivity index is 1.92.